The lowest BCUT2D eigenvalue weighted by atomic mass is 10.1. The van der Waals surface area contributed by atoms with E-state index in [1.54, 1.807) is 18.2 Å². The molecular weight excluding hydrogens is 374 g/mol. The third-order valence-corrected chi connectivity index (χ3v) is 3.93. The van der Waals surface area contributed by atoms with E-state index in [0.29, 0.717) is 15.6 Å². The molecule has 0 aliphatic heterocycles. The highest BCUT2D eigenvalue weighted by atomic mass is 35.5. The van der Waals surface area contributed by atoms with E-state index in [9.17, 15) is 13.2 Å². The van der Waals surface area contributed by atoms with Crippen molar-refractivity contribution in [2.24, 2.45) is 5.16 Å². The molecule has 23 heavy (non-hydrogen) atoms. The van der Waals surface area contributed by atoms with Gasteiger partial charge in [0.2, 0.25) is 0 Å². The Bertz CT molecular complexity index is 732. The van der Waals surface area contributed by atoms with E-state index in [-0.39, 0.29) is 17.2 Å². The molecule has 122 valence electrons. The van der Waals surface area contributed by atoms with Gasteiger partial charge in [0.05, 0.1) is 21.8 Å². The van der Waals surface area contributed by atoms with Gasteiger partial charge in [-0.2, -0.15) is 13.2 Å². The van der Waals surface area contributed by atoms with Crippen molar-refractivity contribution in [2.75, 3.05) is 0 Å². The van der Waals surface area contributed by atoms with Crippen LogP contribution in [0.5, 0.6) is 0 Å². The van der Waals surface area contributed by atoms with Gasteiger partial charge >= 0.3 is 6.18 Å². The molecule has 0 unspecified atom stereocenters. The number of hydrogen-bond donors (Lipinski definition) is 0. The topological polar surface area (TPSA) is 21.6 Å². The van der Waals surface area contributed by atoms with E-state index in [0.717, 1.165) is 24.4 Å². The molecular formula is C15H9Cl3F3NO. The molecule has 2 aromatic carbocycles. The van der Waals surface area contributed by atoms with Crippen LogP contribution in [0, 0.1) is 0 Å². The summed E-state index contributed by atoms with van der Waals surface area (Å²) in [6, 6.07) is 8.16. The second-order valence-electron chi connectivity index (χ2n) is 4.45. The van der Waals surface area contributed by atoms with Crippen LogP contribution in [0.4, 0.5) is 13.2 Å². The summed E-state index contributed by atoms with van der Waals surface area (Å²) in [6.07, 6.45) is -3.56. The molecule has 0 fully saturated rings. The summed E-state index contributed by atoms with van der Waals surface area (Å²) in [4.78, 5) is 4.98. The van der Waals surface area contributed by atoms with Crippen LogP contribution in [0.1, 0.15) is 16.7 Å². The average Bonchev–Trinajstić information content (AvgIpc) is 2.46. The molecule has 2 rings (SSSR count). The lowest BCUT2D eigenvalue weighted by molar-refractivity contribution is -0.137. The maximum atomic E-state index is 12.9. The Hall–Kier alpha value is -1.43. The Morgan fingerprint density at radius 3 is 2.52 bits per heavy atom. The summed E-state index contributed by atoms with van der Waals surface area (Å²) in [5, 5.41) is 4.36. The number of alkyl halides is 3. The molecule has 0 N–H and O–H groups in total. The summed E-state index contributed by atoms with van der Waals surface area (Å²) in [5.74, 6) is 0. The summed E-state index contributed by atoms with van der Waals surface area (Å²) < 4.78 is 38.6. The summed E-state index contributed by atoms with van der Waals surface area (Å²) >= 11 is 17.5. The summed E-state index contributed by atoms with van der Waals surface area (Å²) in [7, 11) is 0. The number of oxime groups is 1. The van der Waals surface area contributed by atoms with Crippen molar-refractivity contribution in [1.29, 1.82) is 0 Å². The predicted octanol–water partition coefficient (Wildman–Crippen LogP) is 6.22. The van der Waals surface area contributed by atoms with Gasteiger partial charge in [-0.3, -0.25) is 0 Å². The SMILES string of the molecule is FC(F)(F)c1ccc(Cl)cc1C=NOCc1cccc(Cl)c1Cl. The highest BCUT2D eigenvalue weighted by Gasteiger charge is 2.32. The number of benzene rings is 2. The number of halogens is 6. The number of rotatable bonds is 4. The van der Waals surface area contributed by atoms with Crippen LogP contribution in [0.15, 0.2) is 41.6 Å². The number of nitrogens with zero attached hydrogens (tertiary/aromatic N) is 1. The number of hydrogen-bond acceptors (Lipinski definition) is 2. The van der Waals surface area contributed by atoms with Gasteiger partial charge in [-0.1, -0.05) is 52.1 Å². The van der Waals surface area contributed by atoms with Gasteiger partial charge in [-0.15, -0.1) is 0 Å². The minimum absolute atomic E-state index is 0.0300. The highest BCUT2D eigenvalue weighted by Crippen LogP contribution is 2.32. The second kappa shape index (κ2) is 7.43. The average molecular weight is 383 g/mol. The molecule has 0 spiro atoms. The molecule has 0 saturated heterocycles. The van der Waals surface area contributed by atoms with Crippen molar-refractivity contribution in [3.63, 3.8) is 0 Å². The Kier molecular flexibility index (Phi) is 5.79. The van der Waals surface area contributed by atoms with Gasteiger partial charge in [0.25, 0.3) is 0 Å². The van der Waals surface area contributed by atoms with Crippen LogP contribution in [0.3, 0.4) is 0 Å². The monoisotopic (exact) mass is 381 g/mol. The summed E-state index contributed by atoms with van der Waals surface area (Å²) in [6.45, 7) is -0.0300. The second-order valence-corrected chi connectivity index (χ2v) is 5.67. The van der Waals surface area contributed by atoms with Crippen molar-refractivity contribution in [1.82, 2.24) is 0 Å². The van der Waals surface area contributed by atoms with Gasteiger partial charge < -0.3 is 4.84 Å². The molecule has 0 radical (unpaired) electrons. The molecule has 0 aliphatic rings. The molecule has 0 bridgehead atoms. The summed E-state index contributed by atoms with van der Waals surface area (Å²) in [5.41, 5.74) is -0.476. The fourth-order valence-corrected chi connectivity index (χ4v) is 2.31. The van der Waals surface area contributed by atoms with Crippen LogP contribution >= 0.6 is 34.8 Å². The van der Waals surface area contributed by atoms with Crippen LogP contribution < -0.4 is 0 Å². The van der Waals surface area contributed by atoms with Gasteiger partial charge in [-0.05, 0) is 24.3 Å². The Balaban J connectivity index is 2.12. The van der Waals surface area contributed by atoms with Gasteiger partial charge in [-0.25, -0.2) is 0 Å². The zero-order chi connectivity index (χ0) is 17.0. The lowest BCUT2D eigenvalue weighted by Crippen LogP contribution is -2.08. The van der Waals surface area contributed by atoms with E-state index in [1.165, 1.54) is 0 Å². The zero-order valence-electron chi connectivity index (χ0n) is 11.4. The van der Waals surface area contributed by atoms with Crippen molar-refractivity contribution < 1.29 is 18.0 Å². The highest BCUT2D eigenvalue weighted by molar-refractivity contribution is 6.42. The third-order valence-electron chi connectivity index (χ3n) is 2.84. The first-order valence-electron chi connectivity index (χ1n) is 6.24. The van der Waals surface area contributed by atoms with E-state index in [2.05, 4.69) is 5.16 Å². The van der Waals surface area contributed by atoms with Crippen LogP contribution in [0.25, 0.3) is 0 Å². The first kappa shape index (κ1) is 17.9. The minimum Gasteiger partial charge on any atom is -0.391 e. The van der Waals surface area contributed by atoms with Gasteiger partial charge in [0.1, 0.15) is 6.61 Å². The maximum Gasteiger partial charge on any atom is 0.417 e. The predicted molar refractivity (Wildman–Crippen MR) is 85.3 cm³/mol. The third kappa shape index (κ3) is 4.77. The van der Waals surface area contributed by atoms with E-state index in [4.69, 9.17) is 39.6 Å². The van der Waals surface area contributed by atoms with Crippen molar-refractivity contribution in [3.05, 3.63) is 68.2 Å². The van der Waals surface area contributed by atoms with E-state index >= 15 is 0 Å². The Morgan fingerprint density at radius 1 is 1.09 bits per heavy atom. The fraction of sp³-hybridized carbons (Fsp3) is 0.133. The smallest absolute Gasteiger partial charge is 0.391 e. The largest absolute Gasteiger partial charge is 0.417 e. The van der Waals surface area contributed by atoms with Crippen molar-refractivity contribution in [2.45, 2.75) is 12.8 Å². The molecule has 0 atom stereocenters. The molecule has 0 amide bonds. The van der Waals surface area contributed by atoms with Gasteiger partial charge in [0.15, 0.2) is 0 Å². The lowest BCUT2D eigenvalue weighted by Gasteiger charge is -2.10. The van der Waals surface area contributed by atoms with Crippen molar-refractivity contribution in [3.8, 4) is 0 Å². The van der Waals surface area contributed by atoms with Gasteiger partial charge in [0, 0.05) is 16.1 Å². The minimum atomic E-state index is -4.51. The fourth-order valence-electron chi connectivity index (χ4n) is 1.76. The van der Waals surface area contributed by atoms with Crippen LogP contribution in [-0.4, -0.2) is 6.21 Å². The Morgan fingerprint density at radius 2 is 1.83 bits per heavy atom. The van der Waals surface area contributed by atoms with Crippen LogP contribution in [-0.2, 0) is 17.6 Å². The molecule has 8 heteroatoms. The van der Waals surface area contributed by atoms with Crippen molar-refractivity contribution >= 4 is 41.0 Å². The zero-order valence-corrected chi connectivity index (χ0v) is 13.6. The quantitative estimate of drug-likeness (QED) is 0.454. The molecule has 2 aromatic rings. The molecule has 0 saturated carbocycles. The standard InChI is InChI=1S/C15H9Cl3F3NO/c16-11-4-5-12(15(19,20)21)10(6-11)7-22-23-8-9-2-1-3-13(17)14(9)18/h1-7H,8H2. The molecule has 0 heterocycles. The molecule has 0 aromatic heterocycles. The van der Waals surface area contributed by atoms with E-state index in [1.807, 2.05) is 0 Å². The molecule has 0 aliphatic carbocycles. The van der Waals surface area contributed by atoms with Crippen LogP contribution in [0.2, 0.25) is 15.1 Å². The maximum absolute atomic E-state index is 12.9. The molecule has 2 nitrogen and oxygen atoms in total. The van der Waals surface area contributed by atoms with E-state index < -0.39 is 11.7 Å². The first-order valence-corrected chi connectivity index (χ1v) is 7.37. The Labute approximate surface area is 145 Å². The first-order chi connectivity index (χ1) is 10.8. The normalized spacial score (nSPS) is 11.9.